The minimum atomic E-state index is -0.234. The van der Waals surface area contributed by atoms with Crippen molar-refractivity contribution in [3.63, 3.8) is 0 Å². The van der Waals surface area contributed by atoms with Gasteiger partial charge in [0.25, 0.3) is 5.91 Å². The first kappa shape index (κ1) is 18.7. The lowest BCUT2D eigenvalue weighted by Gasteiger charge is -2.11. The number of ether oxygens (including phenoxy) is 4. The summed E-state index contributed by atoms with van der Waals surface area (Å²) in [6, 6.07) is 12.0. The Morgan fingerprint density at radius 3 is 2.12 bits per heavy atom. The molecule has 0 radical (unpaired) electrons. The van der Waals surface area contributed by atoms with Crippen molar-refractivity contribution in [2.24, 2.45) is 0 Å². The van der Waals surface area contributed by atoms with Crippen LogP contribution in [-0.2, 0) is 4.79 Å². The fourth-order valence-corrected chi connectivity index (χ4v) is 2.08. The highest BCUT2D eigenvalue weighted by molar-refractivity contribution is 6.30. The largest absolute Gasteiger partial charge is 0.496 e. The highest BCUT2D eigenvalue weighted by atomic mass is 35.5. The number of halogens is 1. The van der Waals surface area contributed by atoms with Crippen LogP contribution in [0.15, 0.2) is 42.5 Å². The second-order valence-corrected chi connectivity index (χ2v) is 5.43. The molecular formula is C18H20ClNO5. The van der Waals surface area contributed by atoms with E-state index in [4.69, 9.17) is 30.5 Å². The molecule has 0 aliphatic rings. The van der Waals surface area contributed by atoms with Gasteiger partial charge in [0.15, 0.2) is 6.61 Å². The van der Waals surface area contributed by atoms with E-state index in [-0.39, 0.29) is 12.5 Å². The van der Waals surface area contributed by atoms with Gasteiger partial charge in [-0.25, -0.2) is 0 Å². The summed E-state index contributed by atoms with van der Waals surface area (Å²) in [4.78, 5) is 11.7. The Kier molecular flexibility index (Phi) is 7.22. The predicted octanol–water partition coefficient (Wildman–Crippen LogP) is 2.93. The molecule has 1 N–H and O–H groups in total. The van der Waals surface area contributed by atoms with E-state index in [9.17, 15) is 4.79 Å². The standard InChI is InChI=1S/C18H20ClNO5/c1-22-15-9-16(23-2)11-17(10-15)24-8-7-20-18(21)12-25-14-5-3-13(19)4-6-14/h3-6,9-11H,7-8,12H2,1-2H3,(H,20,21). The Bertz CT molecular complexity index is 668. The van der Waals surface area contributed by atoms with Crippen LogP contribution in [0.5, 0.6) is 23.0 Å². The SMILES string of the molecule is COc1cc(OC)cc(OCCNC(=O)COc2ccc(Cl)cc2)c1. The van der Waals surface area contributed by atoms with Gasteiger partial charge in [0.1, 0.15) is 29.6 Å². The van der Waals surface area contributed by atoms with Gasteiger partial charge >= 0.3 is 0 Å². The fourth-order valence-electron chi connectivity index (χ4n) is 1.95. The third-order valence-corrected chi connectivity index (χ3v) is 3.45. The molecule has 0 aliphatic heterocycles. The zero-order chi connectivity index (χ0) is 18.1. The maximum Gasteiger partial charge on any atom is 0.258 e. The van der Waals surface area contributed by atoms with Crippen molar-refractivity contribution in [3.05, 3.63) is 47.5 Å². The number of hydrogen-bond donors (Lipinski definition) is 1. The Labute approximate surface area is 151 Å². The predicted molar refractivity (Wildman–Crippen MR) is 95.0 cm³/mol. The third-order valence-electron chi connectivity index (χ3n) is 3.20. The van der Waals surface area contributed by atoms with Gasteiger partial charge in [-0.05, 0) is 24.3 Å². The lowest BCUT2D eigenvalue weighted by Crippen LogP contribution is -2.32. The maximum atomic E-state index is 11.7. The Morgan fingerprint density at radius 1 is 0.920 bits per heavy atom. The molecule has 0 bridgehead atoms. The van der Waals surface area contributed by atoms with Crippen molar-refractivity contribution in [1.29, 1.82) is 0 Å². The molecule has 1 amide bonds. The van der Waals surface area contributed by atoms with Gasteiger partial charge in [0.2, 0.25) is 0 Å². The smallest absolute Gasteiger partial charge is 0.258 e. The van der Waals surface area contributed by atoms with Crippen LogP contribution in [0.1, 0.15) is 0 Å². The molecule has 0 spiro atoms. The van der Waals surface area contributed by atoms with Crippen LogP contribution in [0.3, 0.4) is 0 Å². The van der Waals surface area contributed by atoms with Gasteiger partial charge in [0, 0.05) is 23.2 Å². The fraction of sp³-hybridized carbons (Fsp3) is 0.278. The van der Waals surface area contributed by atoms with Crippen molar-refractivity contribution in [2.75, 3.05) is 34.0 Å². The molecule has 7 heteroatoms. The molecule has 2 aromatic carbocycles. The molecule has 0 aliphatic carbocycles. The van der Waals surface area contributed by atoms with Crippen LogP contribution in [0.2, 0.25) is 5.02 Å². The second-order valence-electron chi connectivity index (χ2n) is 4.99. The number of rotatable bonds is 9. The summed E-state index contributed by atoms with van der Waals surface area (Å²) < 4.78 is 21.3. The number of methoxy groups -OCH3 is 2. The van der Waals surface area contributed by atoms with Crippen LogP contribution < -0.4 is 24.3 Å². The molecule has 0 fully saturated rings. The molecule has 0 saturated heterocycles. The molecule has 0 heterocycles. The van der Waals surface area contributed by atoms with Gasteiger partial charge in [-0.3, -0.25) is 4.79 Å². The van der Waals surface area contributed by atoms with Crippen molar-refractivity contribution in [1.82, 2.24) is 5.32 Å². The van der Waals surface area contributed by atoms with Crippen molar-refractivity contribution < 1.29 is 23.7 Å². The number of amides is 1. The van der Waals surface area contributed by atoms with E-state index in [1.54, 1.807) is 56.7 Å². The van der Waals surface area contributed by atoms with E-state index in [1.807, 2.05) is 0 Å². The molecule has 0 aromatic heterocycles. The summed E-state index contributed by atoms with van der Waals surface area (Å²) in [5, 5.41) is 3.33. The van der Waals surface area contributed by atoms with E-state index in [2.05, 4.69) is 5.32 Å². The quantitative estimate of drug-likeness (QED) is 0.692. The summed E-state index contributed by atoms with van der Waals surface area (Å²) in [6.45, 7) is 0.583. The number of hydrogen-bond acceptors (Lipinski definition) is 5. The monoisotopic (exact) mass is 365 g/mol. The van der Waals surface area contributed by atoms with Gasteiger partial charge in [-0.1, -0.05) is 11.6 Å². The van der Waals surface area contributed by atoms with Gasteiger partial charge < -0.3 is 24.3 Å². The molecule has 2 rings (SSSR count). The first-order valence-corrected chi connectivity index (χ1v) is 7.99. The summed E-state index contributed by atoms with van der Waals surface area (Å²) in [7, 11) is 3.14. The van der Waals surface area contributed by atoms with E-state index in [1.165, 1.54) is 0 Å². The van der Waals surface area contributed by atoms with Gasteiger partial charge in [-0.2, -0.15) is 0 Å². The number of nitrogens with one attached hydrogen (secondary N) is 1. The summed E-state index contributed by atoms with van der Waals surface area (Å²) >= 11 is 5.78. The lowest BCUT2D eigenvalue weighted by atomic mass is 10.3. The topological polar surface area (TPSA) is 66.0 Å². The zero-order valence-corrected chi connectivity index (χ0v) is 14.8. The minimum absolute atomic E-state index is 0.0748. The number of carbonyl (C=O) groups is 1. The summed E-state index contributed by atoms with van der Waals surface area (Å²) in [6.07, 6.45) is 0. The molecule has 25 heavy (non-hydrogen) atoms. The highest BCUT2D eigenvalue weighted by Gasteiger charge is 2.05. The van der Waals surface area contributed by atoms with Gasteiger partial charge in [0.05, 0.1) is 20.8 Å². The zero-order valence-electron chi connectivity index (χ0n) is 14.1. The summed E-state index contributed by atoms with van der Waals surface area (Å²) in [5.41, 5.74) is 0. The Balaban J connectivity index is 1.70. The molecule has 0 saturated carbocycles. The molecule has 0 atom stereocenters. The van der Waals surface area contributed by atoms with E-state index in [0.717, 1.165) is 0 Å². The average molecular weight is 366 g/mol. The molecule has 0 unspecified atom stereocenters. The van der Waals surface area contributed by atoms with Crippen LogP contribution in [0.25, 0.3) is 0 Å². The number of carbonyl (C=O) groups excluding carboxylic acids is 1. The Hall–Kier alpha value is -2.60. The number of benzene rings is 2. The minimum Gasteiger partial charge on any atom is -0.496 e. The maximum absolute atomic E-state index is 11.7. The lowest BCUT2D eigenvalue weighted by molar-refractivity contribution is -0.123. The second kappa shape index (κ2) is 9.64. The molecule has 2 aromatic rings. The van der Waals surface area contributed by atoms with E-state index < -0.39 is 0 Å². The van der Waals surface area contributed by atoms with Crippen LogP contribution in [-0.4, -0.2) is 39.9 Å². The van der Waals surface area contributed by atoms with Crippen molar-refractivity contribution >= 4 is 17.5 Å². The highest BCUT2D eigenvalue weighted by Crippen LogP contribution is 2.27. The Morgan fingerprint density at radius 2 is 1.52 bits per heavy atom. The van der Waals surface area contributed by atoms with Crippen molar-refractivity contribution in [2.45, 2.75) is 0 Å². The molecule has 6 nitrogen and oxygen atoms in total. The molecular weight excluding hydrogens is 346 g/mol. The van der Waals surface area contributed by atoms with E-state index in [0.29, 0.717) is 41.2 Å². The molecule has 134 valence electrons. The first-order chi connectivity index (χ1) is 12.1. The first-order valence-electron chi connectivity index (χ1n) is 7.61. The van der Waals surface area contributed by atoms with Gasteiger partial charge in [-0.15, -0.1) is 0 Å². The normalized spacial score (nSPS) is 10.0. The van der Waals surface area contributed by atoms with Crippen molar-refractivity contribution in [3.8, 4) is 23.0 Å². The van der Waals surface area contributed by atoms with Crippen LogP contribution in [0.4, 0.5) is 0 Å². The van der Waals surface area contributed by atoms with Crippen LogP contribution in [0, 0.1) is 0 Å². The third kappa shape index (κ3) is 6.43. The van der Waals surface area contributed by atoms with E-state index >= 15 is 0 Å². The average Bonchev–Trinajstić information content (AvgIpc) is 2.64. The summed E-state index contributed by atoms with van der Waals surface area (Å²) in [5.74, 6) is 2.22. The van der Waals surface area contributed by atoms with Crippen LogP contribution >= 0.6 is 11.6 Å².